The first-order valence-electron chi connectivity index (χ1n) is 8.32. The minimum Gasteiger partial charge on any atom is -0.357 e. The molecule has 2 aromatic heterocycles. The second kappa shape index (κ2) is 9.49. The molecule has 2 heterocycles. The Balaban J connectivity index is 1.89. The number of aliphatic imine (C=N–C) groups is 1. The summed E-state index contributed by atoms with van der Waals surface area (Å²) >= 11 is 0. The van der Waals surface area contributed by atoms with Crippen molar-refractivity contribution in [1.82, 2.24) is 30.5 Å². The van der Waals surface area contributed by atoms with Crippen LogP contribution in [0.25, 0.3) is 5.65 Å². The molecule has 0 fully saturated rings. The third-order valence-electron chi connectivity index (χ3n) is 3.32. The number of hydrogen-bond donors (Lipinski definition) is 3. The summed E-state index contributed by atoms with van der Waals surface area (Å²) in [6.07, 6.45) is 3.27. The molecule has 0 atom stereocenters. The molecule has 1 amide bonds. The van der Waals surface area contributed by atoms with E-state index in [-0.39, 0.29) is 5.91 Å². The molecule has 2 aromatic rings. The van der Waals surface area contributed by atoms with E-state index in [1.54, 1.807) is 0 Å². The number of rotatable bonds is 8. The molecule has 0 aliphatic heterocycles. The van der Waals surface area contributed by atoms with Crippen molar-refractivity contribution >= 4 is 17.5 Å². The minimum atomic E-state index is 0.0450. The maximum Gasteiger partial charge on any atom is 0.221 e. The Bertz CT molecular complexity index is 680. The lowest BCUT2D eigenvalue weighted by Gasteiger charge is -2.11. The molecule has 8 heteroatoms. The van der Waals surface area contributed by atoms with Crippen LogP contribution in [0.15, 0.2) is 29.4 Å². The molecule has 0 aliphatic rings. The van der Waals surface area contributed by atoms with Gasteiger partial charge in [-0.3, -0.25) is 9.20 Å². The summed E-state index contributed by atoms with van der Waals surface area (Å²) in [6, 6.07) is 5.76. The predicted molar refractivity (Wildman–Crippen MR) is 93.7 cm³/mol. The van der Waals surface area contributed by atoms with Crippen LogP contribution in [-0.2, 0) is 11.3 Å². The van der Waals surface area contributed by atoms with Crippen molar-refractivity contribution in [2.75, 3.05) is 19.6 Å². The van der Waals surface area contributed by atoms with Gasteiger partial charge in [0, 0.05) is 32.3 Å². The van der Waals surface area contributed by atoms with E-state index >= 15 is 0 Å². The van der Waals surface area contributed by atoms with Crippen LogP contribution in [0.1, 0.15) is 32.5 Å². The van der Waals surface area contributed by atoms with Crippen LogP contribution in [0.2, 0.25) is 0 Å². The second-order valence-electron chi connectivity index (χ2n) is 5.27. The summed E-state index contributed by atoms with van der Waals surface area (Å²) in [5.74, 6) is 1.47. The highest BCUT2D eigenvalue weighted by molar-refractivity contribution is 5.81. The van der Waals surface area contributed by atoms with E-state index in [0.29, 0.717) is 32.0 Å². The number of carbonyl (C=O) groups is 1. The number of guanidine groups is 1. The van der Waals surface area contributed by atoms with Crippen LogP contribution in [0.3, 0.4) is 0 Å². The third kappa shape index (κ3) is 5.22. The molecule has 0 saturated heterocycles. The average Bonchev–Trinajstić information content (AvgIpc) is 3.01. The molecular formula is C16H25N7O. The SMILES string of the molecule is CCCNC(=O)CCNC(=NCc1nnc2ccccn12)NCC. The van der Waals surface area contributed by atoms with Crippen molar-refractivity contribution in [2.24, 2.45) is 4.99 Å². The molecule has 0 radical (unpaired) electrons. The van der Waals surface area contributed by atoms with Crippen LogP contribution in [-0.4, -0.2) is 46.1 Å². The summed E-state index contributed by atoms with van der Waals surface area (Å²) in [5, 5.41) is 17.4. The lowest BCUT2D eigenvalue weighted by Crippen LogP contribution is -2.39. The predicted octanol–water partition coefficient (Wildman–Crippen LogP) is 0.701. The van der Waals surface area contributed by atoms with Gasteiger partial charge in [-0.15, -0.1) is 10.2 Å². The fourth-order valence-corrected chi connectivity index (χ4v) is 2.14. The van der Waals surface area contributed by atoms with Gasteiger partial charge in [0.05, 0.1) is 0 Å². The first-order valence-corrected chi connectivity index (χ1v) is 8.32. The number of aromatic nitrogens is 3. The average molecular weight is 331 g/mol. The van der Waals surface area contributed by atoms with Crippen LogP contribution < -0.4 is 16.0 Å². The summed E-state index contributed by atoms with van der Waals surface area (Å²) in [6.45, 7) is 6.42. The van der Waals surface area contributed by atoms with Crippen LogP contribution in [0.4, 0.5) is 0 Å². The zero-order valence-corrected chi connectivity index (χ0v) is 14.2. The van der Waals surface area contributed by atoms with E-state index in [2.05, 4.69) is 31.1 Å². The van der Waals surface area contributed by atoms with Crippen molar-refractivity contribution in [2.45, 2.75) is 33.2 Å². The molecule has 0 spiro atoms. The van der Waals surface area contributed by atoms with E-state index in [1.165, 1.54) is 0 Å². The van der Waals surface area contributed by atoms with Gasteiger partial charge >= 0.3 is 0 Å². The number of fused-ring (bicyclic) bond motifs is 1. The molecule has 0 saturated carbocycles. The Labute approximate surface area is 141 Å². The fourth-order valence-electron chi connectivity index (χ4n) is 2.14. The molecule has 8 nitrogen and oxygen atoms in total. The topological polar surface area (TPSA) is 95.7 Å². The van der Waals surface area contributed by atoms with Crippen molar-refractivity contribution in [3.05, 3.63) is 30.2 Å². The van der Waals surface area contributed by atoms with E-state index in [4.69, 9.17) is 0 Å². The van der Waals surface area contributed by atoms with Crippen LogP contribution >= 0.6 is 0 Å². The first kappa shape index (κ1) is 17.7. The molecule has 0 aliphatic carbocycles. The highest BCUT2D eigenvalue weighted by atomic mass is 16.1. The van der Waals surface area contributed by atoms with E-state index in [9.17, 15) is 4.79 Å². The minimum absolute atomic E-state index is 0.0450. The van der Waals surface area contributed by atoms with Gasteiger partial charge in [0.25, 0.3) is 0 Å². The number of amides is 1. The third-order valence-corrected chi connectivity index (χ3v) is 3.32. The smallest absolute Gasteiger partial charge is 0.221 e. The summed E-state index contributed by atoms with van der Waals surface area (Å²) < 4.78 is 1.91. The first-order chi connectivity index (χ1) is 11.7. The number of pyridine rings is 1. The van der Waals surface area contributed by atoms with Crippen molar-refractivity contribution < 1.29 is 4.79 Å². The van der Waals surface area contributed by atoms with Gasteiger partial charge in [0.1, 0.15) is 6.54 Å². The van der Waals surface area contributed by atoms with Gasteiger partial charge in [-0.25, -0.2) is 4.99 Å². The quantitative estimate of drug-likeness (QED) is 0.489. The maximum atomic E-state index is 11.6. The zero-order chi connectivity index (χ0) is 17.2. The summed E-state index contributed by atoms with van der Waals surface area (Å²) in [5.41, 5.74) is 0.799. The van der Waals surface area contributed by atoms with Gasteiger partial charge in [-0.2, -0.15) is 0 Å². The van der Waals surface area contributed by atoms with E-state index < -0.39 is 0 Å². The second-order valence-corrected chi connectivity index (χ2v) is 5.27. The van der Waals surface area contributed by atoms with Crippen LogP contribution in [0, 0.1) is 0 Å². The number of carbonyl (C=O) groups excluding carboxylic acids is 1. The normalized spacial score (nSPS) is 11.5. The molecule has 3 N–H and O–H groups in total. The zero-order valence-electron chi connectivity index (χ0n) is 14.2. The monoisotopic (exact) mass is 331 g/mol. The Morgan fingerprint density at radius 1 is 1.17 bits per heavy atom. The van der Waals surface area contributed by atoms with Gasteiger partial charge in [0.2, 0.25) is 5.91 Å². The molecular weight excluding hydrogens is 306 g/mol. The van der Waals surface area contributed by atoms with Crippen molar-refractivity contribution in [3.63, 3.8) is 0 Å². The number of nitrogens with zero attached hydrogens (tertiary/aromatic N) is 4. The van der Waals surface area contributed by atoms with Gasteiger partial charge in [-0.1, -0.05) is 13.0 Å². The summed E-state index contributed by atoms with van der Waals surface area (Å²) in [4.78, 5) is 16.1. The van der Waals surface area contributed by atoms with Crippen molar-refractivity contribution in [3.8, 4) is 0 Å². The molecule has 0 aromatic carbocycles. The standard InChI is InChI=1S/C16H25N7O/c1-3-9-18-15(24)8-10-19-16(17-4-2)20-12-14-22-21-13-7-5-6-11-23(13)14/h5-7,11H,3-4,8-10,12H2,1-2H3,(H,18,24)(H2,17,19,20). The van der Waals surface area contributed by atoms with Gasteiger partial charge in [-0.05, 0) is 25.5 Å². The Kier molecular flexibility index (Phi) is 7.00. The van der Waals surface area contributed by atoms with Gasteiger partial charge in [0.15, 0.2) is 17.4 Å². The number of nitrogens with one attached hydrogen (secondary N) is 3. The molecule has 24 heavy (non-hydrogen) atoms. The van der Waals surface area contributed by atoms with Crippen molar-refractivity contribution in [1.29, 1.82) is 0 Å². The number of hydrogen-bond acceptors (Lipinski definition) is 4. The molecule has 2 rings (SSSR count). The van der Waals surface area contributed by atoms with E-state index in [1.807, 2.05) is 42.6 Å². The van der Waals surface area contributed by atoms with Gasteiger partial charge < -0.3 is 16.0 Å². The molecule has 130 valence electrons. The van der Waals surface area contributed by atoms with E-state index in [0.717, 1.165) is 24.4 Å². The highest BCUT2D eigenvalue weighted by Crippen LogP contribution is 2.03. The Morgan fingerprint density at radius 3 is 2.83 bits per heavy atom. The largest absolute Gasteiger partial charge is 0.357 e. The summed E-state index contributed by atoms with van der Waals surface area (Å²) in [7, 11) is 0. The van der Waals surface area contributed by atoms with Crippen LogP contribution in [0.5, 0.6) is 0 Å². The fraction of sp³-hybridized carbons (Fsp3) is 0.500. The maximum absolute atomic E-state index is 11.6. The lowest BCUT2D eigenvalue weighted by molar-refractivity contribution is -0.120. The Hall–Kier alpha value is -2.64. The Morgan fingerprint density at radius 2 is 2.04 bits per heavy atom. The molecule has 0 bridgehead atoms. The highest BCUT2D eigenvalue weighted by Gasteiger charge is 2.05. The molecule has 0 unspecified atom stereocenters. The lowest BCUT2D eigenvalue weighted by atomic mass is 10.4.